The van der Waals surface area contributed by atoms with E-state index >= 15 is 0 Å². The molecule has 162 valence electrons. The molecule has 0 radical (unpaired) electrons. The molecular weight excluding hydrogens is 589 g/mol. The normalized spacial score (nSPS) is 15.7. The standard InChI is InChI=1S/C18H9Br2F3N2O4S2/c1-24-16(26)14(31-17(24)30)6-8-4-10(19)15(11(20)5-8)29-13-3-2-9(18(21,22)23)7-12(13)25(27)28/h2-7H,1H3/b14-6+. The van der Waals surface area contributed by atoms with Crippen LogP contribution in [0.15, 0.2) is 44.2 Å². The van der Waals surface area contributed by atoms with E-state index in [2.05, 4.69) is 31.9 Å². The van der Waals surface area contributed by atoms with Gasteiger partial charge >= 0.3 is 11.9 Å². The summed E-state index contributed by atoms with van der Waals surface area (Å²) in [7, 11) is 1.57. The minimum Gasteiger partial charge on any atom is -0.448 e. The number of thioether (sulfide) groups is 1. The van der Waals surface area contributed by atoms with Crippen molar-refractivity contribution in [3.63, 3.8) is 0 Å². The zero-order chi connectivity index (χ0) is 23.1. The van der Waals surface area contributed by atoms with Crippen LogP contribution in [0.1, 0.15) is 11.1 Å². The van der Waals surface area contributed by atoms with Crippen molar-refractivity contribution in [1.29, 1.82) is 0 Å². The number of carbonyl (C=O) groups excluding carboxylic acids is 1. The molecule has 0 aromatic heterocycles. The number of amides is 1. The predicted octanol–water partition coefficient (Wildman–Crippen LogP) is 6.76. The molecule has 6 nitrogen and oxygen atoms in total. The summed E-state index contributed by atoms with van der Waals surface area (Å²) in [6.45, 7) is 0. The average molecular weight is 598 g/mol. The van der Waals surface area contributed by atoms with Crippen LogP contribution in [0.2, 0.25) is 0 Å². The van der Waals surface area contributed by atoms with Crippen molar-refractivity contribution in [2.75, 3.05) is 7.05 Å². The van der Waals surface area contributed by atoms with Gasteiger partial charge in [0.05, 0.1) is 24.3 Å². The number of thiocarbonyl (C=S) groups is 1. The number of nitro groups is 1. The second-order valence-corrected chi connectivity index (χ2v) is 9.48. The van der Waals surface area contributed by atoms with Crippen molar-refractivity contribution < 1.29 is 27.6 Å². The van der Waals surface area contributed by atoms with Crippen LogP contribution in [0, 0.1) is 10.1 Å². The van der Waals surface area contributed by atoms with Crippen LogP contribution in [0.25, 0.3) is 6.08 Å². The summed E-state index contributed by atoms with van der Waals surface area (Å²) in [5.41, 5.74) is -1.39. The molecule has 1 aliphatic heterocycles. The highest BCUT2D eigenvalue weighted by molar-refractivity contribution is 9.11. The van der Waals surface area contributed by atoms with E-state index in [4.69, 9.17) is 17.0 Å². The number of ether oxygens (including phenoxy) is 1. The summed E-state index contributed by atoms with van der Waals surface area (Å²) in [5, 5.41) is 11.3. The zero-order valence-electron chi connectivity index (χ0n) is 15.2. The molecule has 0 N–H and O–H groups in total. The van der Waals surface area contributed by atoms with Crippen molar-refractivity contribution in [1.82, 2.24) is 4.90 Å². The Kier molecular flexibility index (Phi) is 6.79. The Morgan fingerprint density at radius 2 is 1.84 bits per heavy atom. The van der Waals surface area contributed by atoms with Gasteiger partial charge in [0.15, 0.2) is 5.75 Å². The third-order valence-corrected chi connectivity index (χ3v) is 6.66. The highest BCUT2D eigenvalue weighted by atomic mass is 79.9. The molecule has 0 unspecified atom stereocenters. The number of hydrogen-bond acceptors (Lipinski definition) is 6. The van der Waals surface area contributed by atoms with Crippen LogP contribution < -0.4 is 4.74 Å². The van der Waals surface area contributed by atoms with E-state index in [1.54, 1.807) is 25.3 Å². The maximum atomic E-state index is 12.9. The third-order valence-electron chi connectivity index (χ3n) is 4.00. The van der Waals surface area contributed by atoms with Gasteiger partial charge in [0.25, 0.3) is 5.91 Å². The molecular formula is C18H9Br2F3N2O4S2. The highest BCUT2D eigenvalue weighted by Gasteiger charge is 2.34. The number of nitro benzene ring substituents is 1. The SMILES string of the molecule is CN1C(=O)/C(=C\c2cc(Br)c(Oc3ccc(C(F)(F)F)cc3[N+](=O)[O-])c(Br)c2)SC1=S. The first-order valence-corrected chi connectivity index (χ1v) is 10.9. The first-order chi connectivity index (χ1) is 14.4. The molecule has 0 bridgehead atoms. The molecule has 3 rings (SSSR count). The smallest absolute Gasteiger partial charge is 0.416 e. The van der Waals surface area contributed by atoms with Crippen molar-refractivity contribution in [2.24, 2.45) is 0 Å². The minimum absolute atomic E-state index is 0.114. The second kappa shape index (κ2) is 8.88. The van der Waals surface area contributed by atoms with Gasteiger partial charge in [-0.05, 0) is 67.8 Å². The number of carbonyl (C=O) groups is 1. The van der Waals surface area contributed by atoms with Crippen molar-refractivity contribution in [2.45, 2.75) is 6.18 Å². The molecule has 0 atom stereocenters. The van der Waals surface area contributed by atoms with Gasteiger partial charge in [-0.2, -0.15) is 13.2 Å². The Morgan fingerprint density at radius 3 is 2.32 bits per heavy atom. The number of rotatable bonds is 4. The molecule has 2 aromatic carbocycles. The van der Waals surface area contributed by atoms with Crippen LogP contribution in [-0.4, -0.2) is 27.1 Å². The number of hydrogen-bond donors (Lipinski definition) is 0. The van der Waals surface area contributed by atoms with Crippen LogP contribution in [-0.2, 0) is 11.0 Å². The lowest BCUT2D eigenvalue weighted by Crippen LogP contribution is -2.22. The molecule has 0 saturated carbocycles. The Hall–Kier alpha value is -1.96. The van der Waals surface area contributed by atoms with Gasteiger partial charge in [0.2, 0.25) is 5.75 Å². The summed E-state index contributed by atoms with van der Waals surface area (Å²) in [4.78, 5) is 24.2. The van der Waals surface area contributed by atoms with Crippen LogP contribution in [0.5, 0.6) is 11.5 Å². The lowest BCUT2D eigenvalue weighted by molar-refractivity contribution is -0.385. The van der Waals surface area contributed by atoms with Crippen molar-refractivity contribution in [3.8, 4) is 11.5 Å². The third kappa shape index (κ3) is 5.10. The summed E-state index contributed by atoms with van der Waals surface area (Å²) in [5.74, 6) is -0.495. The molecule has 1 amide bonds. The van der Waals surface area contributed by atoms with Gasteiger partial charge in [-0.3, -0.25) is 19.8 Å². The van der Waals surface area contributed by atoms with E-state index in [9.17, 15) is 28.1 Å². The molecule has 2 aromatic rings. The average Bonchev–Trinajstić information content (AvgIpc) is 2.90. The highest BCUT2D eigenvalue weighted by Crippen LogP contribution is 2.43. The Bertz CT molecular complexity index is 1130. The fourth-order valence-corrected chi connectivity index (χ4v) is 5.05. The van der Waals surface area contributed by atoms with E-state index in [0.29, 0.717) is 35.9 Å². The van der Waals surface area contributed by atoms with Crippen molar-refractivity contribution in [3.05, 3.63) is 65.4 Å². The molecule has 1 heterocycles. The predicted molar refractivity (Wildman–Crippen MR) is 121 cm³/mol. The fourth-order valence-electron chi connectivity index (χ4n) is 2.49. The van der Waals surface area contributed by atoms with Gasteiger partial charge in [-0.1, -0.05) is 24.0 Å². The topological polar surface area (TPSA) is 72.7 Å². The maximum Gasteiger partial charge on any atom is 0.416 e. The van der Waals surface area contributed by atoms with E-state index in [1.165, 1.54) is 4.90 Å². The monoisotopic (exact) mass is 596 g/mol. The summed E-state index contributed by atoms with van der Waals surface area (Å²) in [6.07, 6.45) is -3.12. The van der Waals surface area contributed by atoms with Gasteiger partial charge < -0.3 is 4.74 Å². The first kappa shape index (κ1) is 23.7. The zero-order valence-corrected chi connectivity index (χ0v) is 20.0. The fraction of sp³-hybridized carbons (Fsp3) is 0.111. The summed E-state index contributed by atoms with van der Waals surface area (Å²) >= 11 is 12.8. The molecule has 1 saturated heterocycles. The lowest BCUT2D eigenvalue weighted by atomic mass is 10.1. The molecule has 1 fully saturated rings. The molecule has 13 heteroatoms. The largest absolute Gasteiger partial charge is 0.448 e. The van der Waals surface area contributed by atoms with E-state index in [0.717, 1.165) is 17.8 Å². The number of nitrogens with zero attached hydrogens (tertiary/aromatic N) is 2. The molecule has 31 heavy (non-hydrogen) atoms. The van der Waals surface area contributed by atoms with E-state index in [1.807, 2.05) is 0 Å². The number of benzene rings is 2. The van der Waals surface area contributed by atoms with Gasteiger partial charge in [0, 0.05) is 13.1 Å². The first-order valence-electron chi connectivity index (χ1n) is 8.12. The lowest BCUT2D eigenvalue weighted by Gasteiger charge is -2.13. The van der Waals surface area contributed by atoms with Gasteiger partial charge in [-0.15, -0.1) is 0 Å². The Labute approximate surface area is 199 Å². The Balaban J connectivity index is 1.96. The van der Waals surface area contributed by atoms with E-state index < -0.39 is 22.4 Å². The van der Waals surface area contributed by atoms with Gasteiger partial charge in [0.1, 0.15) is 4.32 Å². The number of likely N-dealkylation sites (N-methyl/N-ethyl adjacent to an activating group) is 1. The van der Waals surface area contributed by atoms with Crippen LogP contribution >= 0.6 is 55.8 Å². The van der Waals surface area contributed by atoms with Crippen LogP contribution in [0.3, 0.4) is 0 Å². The molecule has 0 aliphatic carbocycles. The molecule has 0 spiro atoms. The Morgan fingerprint density at radius 1 is 1.23 bits per heavy atom. The minimum atomic E-state index is -4.73. The maximum absolute atomic E-state index is 12.9. The van der Waals surface area contributed by atoms with Crippen molar-refractivity contribution >= 4 is 77.8 Å². The summed E-state index contributed by atoms with van der Waals surface area (Å²) in [6, 6.07) is 5.19. The quantitative estimate of drug-likeness (QED) is 0.168. The molecule has 1 aliphatic rings. The van der Waals surface area contributed by atoms with Crippen LogP contribution in [0.4, 0.5) is 18.9 Å². The van der Waals surface area contributed by atoms with E-state index in [-0.39, 0.29) is 17.4 Å². The van der Waals surface area contributed by atoms with Gasteiger partial charge in [-0.25, -0.2) is 0 Å². The number of alkyl halides is 3. The summed E-state index contributed by atoms with van der Waals surface area (Å²) < 4.78 is 45.3. The second-order valence-electron chi connectivity index (χ2n) is 6.09. The number of halogens is 5.